The van der Waals surface area contributed by atoms with Crippen molar-refractivity contribution in [2.45, 2.75) is 25.7 Å². The predicted octanol–water partition coefficient (Wildman–Crippen LogP) is 4.10. The number of hydrogen-bond donors (Lipinski definition) is 1. The average Bonchev–Trinajstić information content (AvgIpc) is 3.23. The second-order valence-corrected chi connectivity index (χ2v) is 6.02. The quantitative estimate of drug-likeness (QED) is 0.630. The molecule has 0 heterocycles. The second-order valence-electron chi connectivity index (χ2n) is 5.61. The Kier molecular flexibility index (Phi) is 3.35. The number of nitro groups is 1. The molecule has 4 nitrogen and oxygen atoms in total. The molecule has 0 unspecified atom stereocenters. The molecule has 19 heavy (non-hydrogen) atoms. The number of rotatable bonds is 6. The predicted molar refractivity (Wildman–Crippen MR) is 75.5 cm³/mol. The normalized spacial score (nSPS) is 18.6. The standard InChI is InChI=1S/C14H17ClN2O2/c15-12-2-1-3-13(14(12)17(18)19)16-8-11(9-4-5-9)10-6-7-10/h1-3,9-11,16H,4-8H2. The zero-order valence-electron chi connectivity index (χ0n) is 10.6. The fourth-order valence-corrected chi connectivity index (χ4v) is 3.08. The van der Waals surface area contributed by atoms with Gasteiger partial charge in [0.1, 0.15) is 10.7 Å². The average molecular weight is 281 g/mol. The lowest BCUT2D eigenvalue weighted by atomic mass is 9.98. The molecular weight excluding hydrogens is 264 g/mol. The summed E-state index contributed by atoms with van der Waals surface area (Å²) >= 11 is 5.91. The fourth-order valence-electron chi connectivity index (χ4n) is 2.84. The summed E-state index contributed by atoms with van der Waals surface area (Å²) in [7, 11) is 0. The number of hydrogen-bond acceptors (Lipinski definition) is 3. The molecule has 3 rings (SSSR count). The maximum atomic E-state index is 11.1. The molecule has 2 fully saturated rings. The van der Waals surface area contributed by atoms with E-state index < -0.39 is 4.92 Å². The van der Waals surface area contributed by atoms with Gasteiger partial charge in [-0.1, -0.05) is 17.7 Å². The van der Waals surface area contributed by atoms with E-state index in [9.17, 15) is 10.1 Å². The first kappa shape index (κ1) is 12.7. The van der Waals surface area contributed by atoms with Crippen LogP contribution in [0.3, 0.4) is 0 Å². The lowest BCUT2D eigenvalue weighted by Gasteiger charge is -2.17. The molecule has 2 aliphatic rings. The SMILES string of the molecule is O=[N+]([O-])c1c(Cl)cccc1NCC(C1CC1)C1CC1. The summed E-state index contributed by atoms with van der Waals surface area (Å²) < 4.78 is 0. The molecular formula is C14H17ClN2O2. The summed E-state index contributed by atoms with van der Waals surface area (Å²) in [6.07, 6.45) is 5.28. The van der Waals surface area contributed by atoms with Crippen LogP contribution in [0, 0.1) is 27.9 Å². The molecule has 0 aliphatic heterocycles. The van der Waals surface area contributed by atoms with Crippen molar-refractivity contribution in [2.24, 2.45) is 17.8 Å². The van der Waals surface area contributed by atoms with E-state index >= 15 is 0 Å². The summed E-state index contributed by atoms with van der Waals surface area (Å²) in [6, 6.07) is 5.05. The van der Waals surface area contributed by atoms with E-state index in [-0.39, 0.29) is 10.7 Å². The van der Waals surface area contributed by atoms with E-state index in [2.05, 4.69) is 5.32 Å². The van der Waals surface area contributed by atoms with Crippen molar-refractivity contribution < 1.29 is 4.92 Å². The molecule has 0 aromatic heterocycles. The molecule has 1 aromatic rings. The zero-order valence-corrected chi connectivity index (χ0v) is 11.4. The van der Waals surface area contributed by atoms with Gasteiger partial charge in [-0.2, -0.15) is 0 Å². The number of anilines is 1. The van der Waals surface area contributed by atoms with Gasteiger partial charge in [-0.05, 0) is 55.6 Å². The van der Waals surface area contributed by atoms with Gasteiger partial charge in [0.15, 0.2) is 0 Å². The van der Waals surface area contributed by atoms with Crippen LogP contribution in [0.1, 0.15) is 25.7 Å². The fraction of sp³-hybridized carbons (Fsp3) is 0.571. The lowest BCUT2D eigenvalue weighted by Crippen LogP contribution is -2.18. The number of benzene rings is 1. The van der Waals surface area contributed by atoms with Crippen LogP contribution < -0.4 is 5.32 Å². The van der Waals surface area contributed by atoms with Crippen LogP contribution >= 0.6 is 11.6 Å². The van der Waals surface area contributed by atoms with Crippen LogP contribution in [0.5, 0.6) is 0 Å². The molecule has 1 N–H and O–H groups in total. The summed E-state index contributed by atoms with van der Waals surface area (Å²) in [6.45, 7) is 0.830. The summed E-state index contributed by atoms with van der Waals surface area (Å²) in [5, 5.41) is 14.5. The smallest absolute Gasteiger partial charge is 0.310 e. The highest BCUT2D eigenvalue weighted by molar-refractivity contribution is 6.33. The van der Waals surface area contributed by atoms with Crippen LogP contribution in [0.2, 0.25) is 5.02 Å². The van der Waals surface area contributed by atoms with Crippen LogP contribution in [-0.4, -0.2) is 11.5 Å². The Morgan fingerprint density at radius 1 is 1.32 bits per heavy atom. The molecule has 0 amide bonds. The summed E-state index contributed by atoms with van der Waals surface area (Å²) in [5.41, 5.74) is 0.540. The van der Waals surface area contributed by atoms with Gasteiger partial charge >= 0.3 is 5.69 Å². The molecule has 102 valence electrons. The third-order valence-corrected chi connectivity index (χ3v) is 4.46. The van der Waals surface area contributed by atoms with E-state index in [1.807, 2.05) is 0 Å². The zero-order chi connectivity index (χ0) is 13.4. The van der Waals surface area contributed by atoms with E-state index in [1.54, 1.807) is 18.2 Å². The Balaban J connectivity index is 1.72. The Morgan fingerprint density at radius 3 is 2.47 bits per heavy atom. The van der Waals surface area contributed by atoms with Gasteiger partial charge in [-0.15, -0.1) is 0 Å². The molecule has 0 atom stereocenters. The van der Waals surface area contributed by atoms with E-state index in [0.29, 0.717) is 11.6 Å². The molecule has 0 spiro atoms. The van der Waals surface area contributed by atoms with Gasteiger partial charge in [0, 0.05) is 6.54 Å². The van der Waals surface area contributed by atoms with Crippen molar-refractivity contribution in [2.75, 3.05) is 11.9 Å². The molecule has 0 saturated heterocycles. The van der Waals surface area contributed by atoms with Crippen LogP contribution in [-0.2, 0) is 0 Å². The molecule has 0 radical (unpaired) electrons. The van der Waals surface area contributed by atoms with Gasteiger partial charge in [0.25, 0.3) is 0 Å². The third-order valence-electron chi connectivity index (χ3n) is 4.15. The molecule has 2 saturated carbocycles. The number of nitro benzene ring substituents is 1. The van der Waals surface area contributed by atoms with Crippen LogP contribution in [0.4, 0.5) is 11.4 Å². The first-order chi connectivity index (χ1) is 9.16. The minimum atomic E-state index is -0.409. The van der Waals surface area contributed by atoms with Crippen molar-refractivity contribution in [1.29, 1.82) is 0 Å². The van der Waals surface area contributed by atoms with Gasteiger partial charge in [-0.25, -0.2) is 0 Å². The van der Waals surface area contributed by atoms with Crippen molar-refractivity contribution in [1.82, 2.24) is 0 Å². The van der Waals surface area contributed by atoms with Gasteiger partial charge in [0.2, 0.25) is 0 Å². The van der Waals surface area contributed by atoms with E-state index in [4.69, 9.17) is 11.6 Å². The maximum absolute atomic E-state index is 11.1. The number of para-hydroxylation sites is 1. The lowest BCUT2D eigenvalue weighted by molar-refractivity contribution is -0.383. The largest absolute Gasteiger partial charge is 0.379 e. The minimum absolute atomic E-state index is 0.00508. The van der Waals surface area contributed by atoms with Crippen LogP contribution in [0.25, 0.3) is 0 Å². The summed E-state index contributed by atoms with van der Waals surface area (Å²) in [5.74, 6) is 2.34. The van der Waals surface area contributed by atoms with Crippen molar-refractivity contribution in [3.63, 3.8) is 0 Å². The Labute approximate surface area is 117 Å². The highest BCUT2D eigenvalue weighted by Crippen LogP contribution is 2.49. The topological polar surface area (TPSA) is 55.2 Å². The van der Waals surface area contributed by atoms with E-state index in [1.165, 1.54) is 25.7 Å². The van der Waals surface area contributed by atoms with E-state index in [0.717, 1.165) is 18.4 Å². The molecule has 0 bridgehead atoms. The van der Waals surface area contributed by atoms with Gasteiger partial charge < -0.3 is 5.32 Å². The number of nitrogens with zero attached hydrogens (tertiary/aromatic N) is 1. The van der Waals surface area contributed by atoms with Gasteiger partial charge in [-0.3, -0.25) is 10.1 Å². The molecule has 2 aliphatic carbocycles. The summed E-state index contributed by atoms with van der Waals surface area (Å²) in [4.78, 5) is 10.7. The first-order valence-corrected chi connectivity index (χ1v) is 7.21. The van der Waals surface area contributed by atoms with Crippen molar-refractivity contribution in [3.8, 4) is 0 Å². The first-order valence-electron chi connectivity index (χ1n) is 6.83. The Bertz CT molecular complexity index is 486. The number of halogens is 1. The van der Waals surface area contributed by atoms with Crippen molar-refractivity contribution >= 4 is 23.0 Å². The Hall–Kier alpha value is -1.29. The van der Waals surface area contributed by atoms with Crippen molar-refractivity contribution in [3.05, 3.63) is 33.3 Å². The highest BCUT2D eigenvalue weighted by Gasteiger charge is 2.41. The molecule has 1 aromatic carbocycles. The highest BCUT2D eigenvalue weighted by atomic mass is 35.5. The minimum Gasteiger partial charge on any atom is -0.379 e. The molecule has 5 heteroatoms. The second kappa shape index (κ2) is 5.00. The maximum Gasteiger partial charge on any atom is 0.310 e. The van der Waals surface area contributed by atoms with Gasteiger partial charge in [0.05, 0.1) is 4.92 Å². The van der Waals surface area contributed by atoms with Crippen LogP contribution in [0.15, 0.2) is 18.2 Å². The third kappa shape index (κ3) is 2.84. The number of nitrogens with one attached hydrogen (secondary N) is 1. The monoisotopic (exact) mass is 280 g/mol. The Morgan fingerprint density at radius 2 is 1.95 bits per heavy atom.